The first kappa shape index (κ1) is 23.5. The van der Waals surface area contributed by atoms with Crippen LogP contribution in [0.1, 0.15) is 50.3 Å². The van der Waals surface area contributed by atoms with Crippen LogP contribution in [0.5, 0.6) is 5.75 Å². The Morgan fingerprint density at radius 3 is 2.30 bits per heavy atom. The molecular weight excluding hydrogens is 376 g/mol. The summed E-state index contributed by atoms with van der Waals surface area (Å²) in [5.41, 5.74) is 3.26. The zero-order chi connectivity index (χ0) is 22.1. The molecule has 2 aromatic carbocycles. The van der Waals surface area contributed by atoms with Gasteiger partial charge in [0.2, 0.25) is 5.91 Å². The number of benzene rings is 2. The average molecular weight is 411 g/mol. The lowest BCUT2D eigenvalue weighted by molar-refractivity contribution is -0.143. The Labute approximate surface area is 180 Å². The van der Waals surface area contributed by atoms with Gasteiger partial charge in [0.05, 0.1) is 0 Å². The Hall–Kier alpha value is -2.82. The van der Waals surface area contributed by atoms with Crippen LogP contribution in [0.2, 0.25) is 0 Å². The molecule has 0 saturated heterocycles. The molecule has 0 fully saturated rings. The molecule has 5 heteroatoms. The van der Waals surface area contributed by atoms with E-state index in [0.717, 1.165) is 17.5 Å². The third-order valence-corrected chi connectivity index (χ3v) is 5.42. The number of rotatable bonds is 10. The van der Waals surface area contributed by atoms with Gasteiger partial charge in [-0.25, -0.2) is 0 Å². The van der Waals surface area contributed by atoms with Gasteiger partial charge in [-0.1, -0.05) is 50.2 Å². The van der Waals surface area contributed by atoms with Crippen LogP contribution in [-0.2, 0) is 16.1 Å². The summed E-state index contributed by atoms with van der Waals surface area (Å²) in [6.07, 6.45) is 1.37. The summed E-state index contributed by atoms with van der Waals surface area (Å²) in [6, 6.07) is 15.0. The Morgan fingerprint density at radius 1 is 1.00 bits per heavy atom. The summed E-state index contributed by atoms with van der Waals surface area (Å²) in [5, 5.41) is 3.02. The molecule has 30 heavy (non-hydrogen) atoms. The van der Waals surface area contributed by atoms with Gasteiger partial charge in [0, 0.05) is 12.6 Å². The topological polar surface area (TPSA) is 58.6 Å². The number of carbonyl (C=O) groups is 2. The highest BCUT2D eigenvalue weighted by Gasteiger charge is 2.29. The number of hydrogen-bond acceptors (Lipinski definition) is 3. The SMILES string of the molecule is CC[C@@H](C)NC(=O)[C@H](CC)N(Cc1ccccc1)C(=O)COc1ccc(C)c(C)c1. The highest BCUT2D eigenvalue weighted by Crippen LogP contribution is 2.18. The van der Waals surface area contributed by atoms with Crippen LogP contribution < -0.4 is 10.1 Å². The van der Waals surface area contributed by atoms with E-state index in [1.807, 2.05) is 83.1 Å². The second-order valence-electron chi connectivity index (χ2n) is 7.78. The van der Waals surface area contributed by atoms with Gasteiger partial charge in [-0.2, -0.15) is 0 Å². The predicted octanol–water partition coefficient (Wildman–Crippen LogP) is 4.40. The Morgan fingerprint density at radius 2 is 1.70 bits per heavy atom. The fourth-order valence-corrected chi connectivity index (χ4v) is 3.17. The Kier molecular flexibility index (Phi) is 8.90. The van der Waals surface area contributed by atoms with Gasteiger partial charge >= 0.3 is 0 Å². The molecule has 0 radical (unpaired) electrons. The largest absolute Gasteiger partial charge is 0.484 e. The van der Waals surface area contributed by atoms with Crippen molar-refractivity contribution in [2.24, 2.45) is 0 Å². The van der Waals surface area contributed by atoms with Crippen LogP contribution in [0, 0.1) is 13.8 Å². The highest BCUT2D eigenvalue weighted by atomic mass is 16.5. The van der Waals surface area contributed by atoms with E-state index in [9.17, 15) is 9.59 Å². The molecule has 2 atom stereocenters. The molecule has 0 aromatic heterocycles. The molecule has 2 amide bonds. The van der Waals surface area contributed by atoms with Crippen LogP contribution >= 0.6 is 0 Å². The summed E-state index contributed by atoms with van der Waals surface area (Å²) in [4.78, 5) is 27.7. The maximum atomic E-state index is 13.2. The van der Waals surface area contributed by atoms with E-state index in [0.29, 0.717) is 18.7 Å². The first-order valence-corrected chi connectivity index (χ1v) is 10.7. The number of nitrogens with zero attached hydrogens (tertiary/aromatic N) is 1. The molecule has 5 nitrogen and oxygen atoms in total. The van der Waals surface area contributed by atoms with Crippen molar-refractivity contribution in [3.8, 4) is 5.75 Å². The Balaban J connectivity index is 2.18. The highest BCUT2D eigenvalue weighted by molar-refractivity contribution is 5.88. The molecule has 2 aromatic rings. The molecule has 0 aliphatic carbocycles. The maximum Gasteiger partial charge on any atom is 0.261 e. The van der Waals surface area contributed by atoms with Crippen molar-refractivity contribution < 1.29 is 14.3 Å². The first-order valence-electron chi connectivity index (χ1n) is 10.7. The third kappa shape index (κ3) is 6.61. The molecule has 0 aliphatic heterocycles. The minimum absolute atomic E-state index is 0.0620. The van der Waals surface area contributed by atoms with Crippen LogP contribution in [0.25, 0.3) is 0 Å². The van der Waals surface area contributed by atoms with Crippen LogP contribution in [-0.4, -0.2) is 35.4 Å². The first-order chi connectivity index (χ1) is 14.3. The molecule has 0 unspecified atom stereocenters. The van der Waals surface area contributed by atoms with Gasteiger partial charge in [0.15, 0.2) is 6.61 Å². The number of ether oxygens (including phenoxy) is 1. The van der Waals surface area contributed by atoms with Crippen molar-refractivity contribution in [2.75, 3.05) is 6.61 Å². The molecule has 1 N–H and O–H groups in total. The van der Waals surface area contributed by atoms with Crippen molar-refractivity contribution in [1.29, 1.82) is 0 Å². The van der Waals surface area contributed by atoms with Crippen molar-refractivity contribution in [1.82, 2.24) is 10.2 Å². The van der Waals surface area contributed by atoms with Crippen molar-refractivity contribution in [3.05, 3.63) is 65.2 Å². The molecule has 0 bridgehead atoms. The molecule has 0 saturated carbocycles. The summed E-state index contributed by atoms with van der Waals surface area (Å²) in [6.45, 7) is 10.2. The minimum atomic E-state index is -0.546. The van der Waals surface area contributed by atoms with Gasteiger partial charge in [-0.15, -0.1) is 0 Å². The van der Waals surface area contributed by atoms with Gasteiger partial charge in [0.1, 0.15) is 11.8 Å². The average Bonchev–Trinajstić information content (AvgIpc) is 2.74. The van der Waals surface area contributed by atoms with Gasteiger partial charge in [-0.05, 0) is 62.4 Å². The second-order valence-corrected chi connectivity index (χ2v) is 7.78. The van der Waals surface area contributed by atoms with Crippen LogP contribution in [0.3, 0.4) is 0 Å². The fraction of sp³-hybridized carbons (Fsp3) is 0.440. The molecule has 2 rings (SSSR count). The molecular formula is C25H34N2O3. The summed E-state index contributed by atoms with van der Waals surface area (Å²) >= 11 is 0. The number of amides is 2. The van der Waals surface area contributed by atoms with E-state index < -0.39 is 6.04 Å². The molecule has 0 spiro atoms. The van der Waals surface area contributed by atoms with Crippen LogP contribution in [0.15, 0.2) is 48.5 Å². The summed E-state index contributed by atoms with van der Waals surface area (Å²) in [5.74, 6) is 0.328. The van der Waals surface area contributed by atoms with E-state index in [1.54, 1.807) is 4.90 Å². The minimum Gasteiger partial charge on any atom is -0.484 e. The number of carbonyl (C=O) groups excluding carboxylic acids is 2. The lowest BCUT2D eigenvalue weighted by Crippen LogP contribution is -2.51. The predicted molar refractivity (Wildman–Crippen MR) is 120 cm³/mol. The van der Waals surface area contributed by atoms with Gasteiger partial charge in [0.25, 0.3) is 5.91 Å². The van der Waals surface area contributed by atoms with Gasteiger partial charge < -0.3 is 15.0 Å². The third-order valence-electron chi connectivity index (χ3n) is 5.42. The lowest BCUT2D eigenvalue weighted by atomic mass is 10.1. The maximum absolute atomic E-state index is 13.2. The van der Waals surface area contributed by atoms with E-state index >= 15 is 0 Å². The van der Waals surface area contributed by atoms with Crippen molar-refractivity contribution in [3.63, 3.8) is 0 Å². The smallest absolute Gasteiger partial charge is 0.261 e. The second kappa shape index (κ2) is 11.4. The fourth-order valence-electron chi connectivity index (χ4n) is 3.17. The van der Waals surface area contributed by atoms with Crippen LogP contribution in [0.4, 0.5) is 0 Å². The van der Waals surface area contributed by atoms with E-state index in [-0.39, 0.29) is 24.5 Å². The molecule has 162 valence electrons. The monoisotopic (exact) mass is 410 g/mol. The standard InChI is InChI=1S/C25H34N2O3/c1-6-20(5)26-25(29)23(7-2)27(16-21-11-9-8-10-12-21)24(28)17-30-22-14-13-18(3)19(4)15-22/h8-15,20,23H,6-7,16-17H2,1-5H3,(H,26,29)/t20-,23+/m1/s1. The van der Waals surface area contributed by atoms with Crippen molar-refractivity contribution in [2.45, 2.75) is 66.1 Å². The normalized spacial score (nSPS) is 12.7. The molecule has 0 heterocycles. The van der Waals surface area contributed by atoms with E-state index in [1.165, 1.54) is 5.56 Å². The van der Waals surface area contributed by atoms with E-state index in [2.05, 4.69) is 5.32 Å². The quantitative estimate of drug-likeness (QED) is 0.631. The zero-order valence-electron chi connectivity index (χ0n) is 18.8. The van der Waals surface area contributed by atoms with Crippen molar-refractivity contribution >= 4 is 11.8 Å². The Bertz CT molecular complexity index is 836. The van der Waals surface area contributed by atoms with Gasteiger partial charge in [-0.3, -0.25) is 9.59 Å². The number of aryl methyl sites for hydroxylation is 2. The zero-order valence-corrected chi connectivity index (χ0v) is 18.8. The summed E-state index contributed by atoms with van der Waals surface area (Å²) in [7, 11) is 0. The number of hydrogen-bond donors (Lipinski definition) is 1. The summed E-state index contributed by atoms with van der Waals surface area (Å²) < 4.78 is 5.78. The van der Waals surface area contributed by atoms with E-state index in [4.69, 9.17) is 4.74 Å². The lowest BCUT2D eigenvalue weighted by Gasteiger charge is -2.31. The number of nitrogens with one attached hydrogen (secondary N) is 1. The molecule has 0 aliphatic rings.